The van der Waals surface area contributed by atoms with E-state index in [1.54, 1.807) is 6.07 Å². The minimum absolute atomic E-state index is 0.118. The number of hydrogen-bond donors (Lipinski definition) is 3. The summed E-state index contributed by atoms with van der Waals surface area (Å²) < 4.78 is 0. The zero-order chi connectivity index (χ0) is 12.8. The Morgan fingerprint density at radius 1 is 1.47 bits per heavy atom. The minimum atomic E-state index is -0.536. The number of amides is 2. The summed E-state index contributed by atoms with van der Waals surface area (Å²) >= 11 is 0. The van der Waals surface area contributed by atoms with Gasteiger partial charge in [0.05, 0.1) is 6.10 Å². The summed E-state index contributed by atoms with van der Waals surface area (Å²) in [5.74, 6) is 0.619. The topological polar surface area (TPSA) is 74.2 Å². The predicted molar refractivity (Wildman–Crippen MR) is 66.8 cm³/mol. The van der Waals surface area contributed by atoms with E-state index in [9.17, 15) is 9.90 Å². The molecule has 2 amide bonds. The Hall–Kier alpha value is -1.62. The second-order valence-corrected chi connectivity index (χ2v) is 4.31. The van der Waals surface area contributed by atoms with Crippen LogP contribution in [0.4, 0.5) is 10.6 Å². The predicted octanol–water partition coefficient (Wildman–Crippen LogP) is 1.53. The van der Waals surface area contributed by atoms with Crippen LogP contribution in [0.1, 0.15) is 19.5 Å². The van der Waals surface area contributed by atoms with Crippen molar-refractivity contribution in [3.63, 3.8) is 0 Å². The van der Waals surface area contributed by atoms with Crippen molar-refractivity contribution in [3.8, 4) is 0 Å². The molecule has 1 unspecified atom stereocenters. The van der Waals surface area contributed by atoms with Crippen molar-refractivity contribution in [1.29, 1.82) is 0 Å². The van der Waals surface area contributed by atoms with Gasteiger partial charge in [-0.15, -0.1) is 0 Å². The molecule has 1 atom stereocenters. The van der Waals surface area contributed by atoms with E-state index >= 15 is 0 Å². The van der Waals surface area contributed by atoms with Crippen LogP contribution in [0.15, 0.2) is 18.2 Å². The van der Waals surface area contributed by atoms with E-state index < -0.39 is 6.10 Å². The van der Waals surface area contributed by atoms with Crippen LogP contribution in [0, 0.1) is 12.8 Å². The van der Waals surface area contributed by atoms with Crippen molar-refractivity contribution in [1.82, 2.24) is 10.3 Å². The molecule has 94 valence electrons. The number of aromatic nitrogens is 1. The zero-order valence-corrected chi connectivity index (χ0v) is 10.4. The highest BCUT2D eigenvalue weighted by Gasteiger charge is 2.10. The van der Waals surface area contributed by atoms with E-state index in [0.29, 0.717) is 5.82 Å². The van der Waals surface area contributed by atoms with Crippen molar-refractivity contribution in [2.24, 2.45) is 5.92 Å². The summed E-state index contributed by atoms with van der Waals surface area (Å²) in [5, 5.41) is 14.7. The maximum Gasteiger partial charge on any atom is 0.320 e. The molecule has 0 fully saturated rings. The molecule has 0 aliphatic heterocycles. The highest BCUT2D eigenvalue weighted by atomic mass is 16.3. The first kappa shape index (κ1) is 13.4. The van der Waals surface area contributed by atoms with E-state index in [0.717, 1.165) is 5.69 Å². The number of anilines is 1. The van der Waals surface area contributed by atoms with E-state index in [1.807, 2.05) is 32.9 Å². The number of carbonyl (C=O) groups is 1. The van der Waals surface area contributed by atoms with E-state index in [4.69, 9.17) is 0 Å². The monoisotopic (exact) mass is 237 g/mol. The molecule has 0 saturated carbocycles. The average molecular weight is 237 g/mol. The summed E-state index contributed by atoms with van der Waals surface area (Å²) in [7, 11) is 0. The molecule has 5 nitrogen and oxygen atoms in total. The highest BCUT2D eigenvalue weighted by molar-refractivity contribution is 5.88. The standard InChI is InChI=1S/C12H19N3O2/c1-8(2)10(16)7-13-12(17)15-11-6-4-5-9(3)14-11/h4-6,8,10,16H,7H2,1-3H3,(H2,13,14,15,17). The lowest BCUT2D eigenvalue weighted by atomic mass is 10.1. The lowest BCUT2D eigenvalue weighted by molar-refractivity contribution is 0.126. The number of aliphatic hydroxyl groups excluding tert-OH is 1. The number of pyridine rings is 1. The van der Waals surface area contributed by atoms with Gasteiger partial charge >= 0.3 is 6.03 Å². The third-order valence-corrected chi connectivity index (χ3v) is 2.37. The second-order valence-electron chi connectivity index (χ2n) is 4.31. The first-order valence-electron chi connectivity index (χ1n) is 5.65. The molecule has 0 saturated heterocycles. The maximum atomic E-state index is 11.5. The Morgan fingerprint density at radius 3 is 2.76 bits per heavy atom. The number of hydrogen-bond acceptors (Lipinski definition) is 3. The molecule has 0 radical (unpaired) electrons. The number of nitrogens with one attached hydrogen (secondary N) is 2. The van der Waals surface area contributed by atoms with Crippen molar-refractivity contribution in [2.75, 3.05) is 11.9 Å². The number of aryl methyl sites for hydroxylation is 1. The SMILES string of the molecule is Cc1cccc(NC(=O)NCC(O)C(C)C)n1. The first-order valence-corrected chi connectivity index (χ1v) is 5.65. The third kappa shape index (κ3) is 4.82. The molecule has 0 aliphatic carbocycles. The molecular formula is C12H19N3O2. The fraction of sp³-hybridized carbons (Fsp3) is 0.500. The van der Waals surface area contributed by atoms with Gasteiger partial charge in [0.25, 0.3) is 0 Å². The Kier molecular flexibility index (Phi) is 4.90. The summed E-state index contributed by atoms with van der Waals surface area (Å²) in [6.07, 6.45) is -0.536. The van der Waals surface area contributed by atoms with Crippen molar-refractivity contribution >= 4 is 11.8 Å². The Labute approximate surface area is 101 Å². The molecular weight excluding hydrogens is 218 g/mol. The molecule has 5 heteroatoms. The van der Waals surface area contributed by atoms with Gasteiger partial charge in [0.2, 0.25) is 0 Å². The Balaban J connectivity index is 2.40. The van der Waals surface area contributed by atoms with Crippen LogP contribution in [-0.2, 0) is 0 Å². The van der Waals surface area contributed by atoms with Crippen LogP contribution in [0.3, 0.4) is 0 Å². The molecule has 1 aromatic heterocycles. The Bertz CT molecular complexity index is 380. The molecule has 1 heterocycles. The van der Waals surface area contributed by atoms with Crippen LogP contribution >= 0.6 is 0 Å². The van der Waals surface area contributed by atoms with Gasteiger partial charge in [-0.25, -0.2) is 9.78 Å². The third-order valence-electron chi connectivity index (χ3n) is 2.37. The van der Waals surface area contributed by atoms with Gasteiger partial charge < -0.3 is 10.4 Å². The van der Waals surface area contributed by atoms with Gasteiger partial charge in [0.15, 0.2) is 0 Å². The summed E-state index contributed by atoms with van der Waals surface area (Å²) in [4.78, 5) is 15.6. The van der Waals surface area contributed by atoms with Crippen molar-refractivity contribution in [2.45, 2.75) is 26.9 Å². The number of aliphatic hydroxyl groups is 1. The van der Waals surface area contributed by atoms with Crippen molar-refractivity contribution < 1.29 is 9.90 Å². The lowest BCUT2D eigenvalue weighted by Gasteiger charge is -2.15. The van der Waals surface area contributed by atoms with E-state index in [2.05, 4.69) is 15.6 Å². The quantitative estimate of drug-likeness (QED) is 0.743. The van der Waals surface area contributed by atoms with Gasteiger partial charge in [-0.3, -0.25) is 5.32 Å². The van der Waals surface area contributed by atoms with Crippen molar-refractivity contribution in [3.05, 3.63) is 23.9 Å². The van der Waals surface area contributed by atoms with Gasteiger partial charge in [0.1, 0.15) is 5.82 Å². The maximum absolute atomic E-state index is 11.5. The number of rotatable bonds is 4. The summed E-state index contributed by atoms with van der Waals surface area (Å²) in [5.41, 5.74) is 0.838. The molecule has 0 spiro atoms. The van der Waals surface area contributed by atoms with Crippen LogP contribution in [0.2, 0.25) is 0 Å². The molecule has 0 bridgehead atoms. The fourth-order valence-corrected chi connectivity index (χ4v) is 1.21. The van der Waals surface area contributed by atoms with Gasteiger partial charge in [-0.2, -0.15) is 0 Å². The van der Waals surface area contributed by atoms with Crippen LogP contribution in [0.25, 0.3) is 0 Å². The average Bonchev–Trinajstić information content (AvgIpc) is 2.25. The van der Waals surface area contributed by atoms with Gasteiger partial charge in [-0.1, -0.05) is 19.9 Å². The number of urea groups is 1. The molecule has 1 rings (SSSR count). The summed E-state index contributed by atoms with van der Waals surface area (Å²) in [6, 6.07) is 5.03. The minimum Gasteiger partial charge on any atom is -0.391 e. The molecule has 0 aliphatic rings. The fourth-order valence-electron chi connectivity index (χ4n) is 1.21. The lowest BCUT2D eigenvalue weighted by Crippen LogP contribution is -2.37. The second kappa shape index (κ2) is 6.20. The van der Waals surface area contributed by atoms with Crippen LogP contribution in [-0.4, -0.2) is 28.8 Å². The summed E-state index contributed by atoms with van der Waals surface area (Å²) in [6.45, 7) is 5.87. The Morgan fingerprint density at radius 2 is 2.18 bits per heavy atom. The smallest absolute Gasteiger partial charge is 0.320 e. The van der Waals surface area contributed by atoms with Gasteiger partial charge in [-0.05, 0) is 25.0 Å². The first-order chi connectivity index (χ1) is 7.99. The molecule has 0 aromatic carbocycles. The van der Waals surface area contributed by atoms with Crippen LogP contribution < -0.4 is 10.6 Å². The molecule has 1 aromatic rings. The largest absolute Gasteiger partial charge is 0.391 e. The van der Waals surface area contributed by atoms with Gasteiger partial charge in [0, 0.05) is 12.2 Å². The number of carbonyl (C=O) groups excluding carboxylic acids is 1. The molecule has 17 heavy (non-hydrogen) atoms. The zero-order valence-electron chi connectivity index (χ0n) is 10.4. The van der Waals surface area contributed by atoms with E-state index in [1.165, 1.54) is 0 Å². The van der Waals surface area contributed by atoms with Crippen LogP contribution in [0.5, 0.6) is 0 Å². The number of nitrogens with zero attached hydrogens (tertiary/aromatic N) is 1. The molecule has 3 N–H and O–H groups in total. The van der Waals surface area contributed by atoms with E-state index in [-0.39, 0.29) is 18.5 Å². The highest BCUT2D eigenvalue weighted by Crippen LogP contribution is 2.03. The normalized spacial score (nSPS) is 12.3.